The third kappa shape index (κ3) is 8.14. The third-order valence-electron chi connectivity index (χ3n) is 5.94. The molecule has 0 aromatic heterocycles. The standard InChI is InChI=1S/C27H26Cl2N4O3S.C2H6O/c1-18(2)25(17-34)30-27(32-37(35,36)23-14-12-22(29)13-15-23)33-16-24(19-6-4-3-5-7-19)26(31-33)20-8-10-21(28)11-9-20;1-3-2/h3-15,17-18,24-25H,16H2,1-2H3,(H,30,32);1-2H3. The number of hydrazone groups is 1. The van der Waals surface area contributed by atoms with Crippen molar-refractivity contribution in [1.82, 2.24) is 9.73 Å². The fourth-order valence-electron chi connectivity index (χ4n) is 3.88. The number of nitrogens with zero attached hydrogens (tertiary/aromatic N) is 3. The first-order chi connectivity index (χ1) is 19.1. The Morgan fingerprint density at radius 2 is 1.55 bits per heavy atom. The topological polar surface area (TPSA) is 100 Å². The summed E-state index contributed by atoms with van der Waals surface area (Å²) in [6.45, 7) is 3.99. The highest BCUT2D eigenvalue weighted by Gasteiger charge is 2.33. The molecule has 3 aromatic carbocycles. The zero-order chi connectivity index (χ0) is 29.3. The average Bonchev–Trinajstić information content (AvgIpc) is 3.38. The lowest BCUT2D eigenvalue weighted by Gasteiger charge is -2.22. The molecule has 1 aliphatic rings. The predicted octanol–water partition coefficient (Wildman–Crippen LogP) is 5.62. The van der Waals surface area contributed by atoms with Gasteiger partial charge in [-0.1, -0.05) is 79.5 Å². The number of hydrogen-bond donors (Lipinski definition) is 1. The van der Waals surface area contributed by atoms with Crippen molar-refractivity contribution >= 4 is 51.2 Å². The van der Waals surface area contributed by atoms with E-state index in [1.165, 1.54) is 29.3 Å². The summed E-state index contributed by atoms with van der Waals surface area (Å²) in [5, 5.41) is 7.31. The van der Waals surface area contributed by atoms with Crippen molar-refractivity contribution in [2.24, 2.45) is 16.0 Å². The molecule has 4 rings (SSSR count). The summed E-state index contributed by atoms with van der Waals surface area (Å²) >= 11 is 12.0. The third-order valence-corrected chi connectivity index (χ3v) is 7.79. The van der Waals surface area contributed by atoms with Gasteiger partial charge in [0, 0.05) is 30.2 Å². The Balaban J connectivity index is 0.00000141. The van der Waals surface area contributed by atoms with Crippen molar-refractivity contribution in [2.75, 3.05) is 20.8 Å². The van der Waals surface area contributed by atoms with Gasteiger partial charge >= 0.3 is 0 Å². The highest BCUT2D eigenvalue weighted by Crippen LogP contribution is 2.30. The maximum Gasteiger partial charge on any atom is 0.264 e. The second-order valence-electron chi connectivity index (χ2n) is 9.33. The zero-order valence-corrected chi connectivity index (χ0v) is 25.0. The number of halogens is 2. The molecule has 0 bridgehead atoms. The number of sulfonamides is 1. The molecule has 40 heavy (non-hydrogen) atoms. The van der Waals surface area contributed by atoms with Crippen LogP contribution in [0.5, 0.6) is 0 Å². The van der Waals surface area contributed by atoms with Gasteiger partial charge in [-0.15, -0.1) is 0 Å². The normalized spacial score (nSPS) is 16.2. The van der Waals surface area contributed by atoms with Crippen LogP contribution in [-0.2, 0) is 19.6 Å². The fraction of sp³-hybridized carbons (Fsp3) is 0.276. The van der Waals surface area contributed by atoms with Gasteiger partial charge < -0.3 is 9.53 Å². The number of ether oxygens (including phenoxy) is 1. The van der Waals surface area contributed by atoms with E-state index in [0.29, 0.717) is 22.9 Å². The molecule has 0 saturated carbocycles. The Bertz CT molecular complexity index is 1430. The van der Waals surface area contributed by atoms with Crippen LogP contribution in [0, 0.1) is 5.92 Å². The molecule has 2 unspecified atom stereocenters. The summed E-state index contributed by atoms with van der Waals surface area (Å²) in [6, 6.07) is 22.1. The first kappa shape index (κ1) is 31.3. The Hall–Kier alpha value is -3.24. The highest BCUT2D eigenvalue weighted by atomic mass is 35.5. The van der Waals surface area contributed by atoms with Gasteiger partial charge in [-0.3, -0.25) is 0 Å². The fourth-order valence-corrected chi connectivity index (χ4v) is 5.14. The Kier molecular flexibility index (Phi) is 11.3. The van der Waals surface area contributed by atoms with E-state index in [-0.39, 0.29) is 22.7 Å². The van der Waals surface area contributed by atoms with Crippen LogP contribution in [0.3, 0.4) is 0 Å². The minimum atomic E-state index is -4.05. The first-order valence-corrected chi connectivity index (χ1v) is 14.7. The lowest BCUT2D eigenvalue weighted by molar-refractivity contribution is -0.109. The van der Waals surface area contributed by atoms with Crippen molar-refractivity contribution in [3.63, 3.8) is 0 Å². The monoisotopic (exact) mass is 602 g/mol. The molecule has 1 N–H and O–H groups in total. The number of hydrogen-bond acceptors (Lipinski definition) is 6. The molecule has 0 radical (unpaired) electrons. The van der Waals surface area contributed by atoms with E-state index in [4.69, 9.17) is 28.3 Å². The minimum Gasteiger partial charge on any atom is -0.388 e. The van der Waals surface area contributed by atoms with E-state index < -0.39 is 16.1 Å². The number of methoxy groups -OCH3 is 1. The quantitative estimate of drug-likeness (QED) is 0.215. The molecule has 1 heterocycles. The molecule has 3 aromatic rings. The summed E-state index contributed by atoms with van der Waals surface area (Å²) in [7, 11) is -0.797. The van der Waals surface area contributed by atoms with E-state index in [1.54, 1.807) is 26.4 Å². The molecular weight excluding hydrogens is 571 g/mol. The van der Waals surface area contributed by atoms with Gasteiger partial charge in [0.25, 0.3) is 10.0 Å². The molecule has 0 saturated heterocycles. The molecule has 0 fully saturated rings. The molecule has 11 heteroatoms. The molecular formula is C29H32Cl2N4O4S. The first-order valence-electron chi connectivity index (χ1n) is 12.5. The molecule has 0 amide bonds. The Morgan fingerprint density at radius 1 is 1.00 bits per heavy atom. The summed E-state index contributed by atoms with van der Waals surface area (Å²) < 4.78 is 33.4. The molecule has 212 valence electrons. The van der Waals surface area contributed by atoms with Gasteiger partial charge in [-0.25, -0.2) is 23.1 Å². The molecule has 0 spiro atoms. The summed E-state index contributed by atoms with van der Waals surface area (Å²) in [5.74, 6) is -0.369. The van der Waals surface area contributed by atoms with Crippen molar-refractivity contribution < 1.29 is 17.9 Å². The van der Waals surface area contributed by atoms with Crippen molar-refractivity contribution in [3.8, 4) is 0 Å². The number of benzene rings is 3. The SMILES string of the molecule is CC(C)C(C=O)N=C(NS(=O)(=O)c1ccc(Cl)cc1)N1CC(c2ccccc2)C(c2ccc(Cl)cc2)=N1.COC. The lowest BCUT2D eigenvalue weighted by atomic mass is 9.91. The van der Waals surface area contributed by atoms with Crippen LogP contribution in [-0.4, -0.2) is 58.2 Å². The maximum atomic E-state index is 13.3. The van der Waals surface area contributed by atoms with E-state index in [0.717, 1.165) is 16.8 Å². The van der Waals surface area contributed by atoms with Crippen LogP contribution < -0.4 is 4.72 Å². The Labute approximate surface area is 245 Å². The molecule has 1 aliphatic heterocycles. The van der Waals surface area contributed by atoms with E-state index in [9.17, 15) is 13.2 Å². The smallest absolute Gasteiger partial charge is 0.264 e. The van der Waals surface area contributed by atoms with Crippen LogP contribution >= 0.6 is 23.2 Å². The van der Waals surface area contributed by atoms with Gasteiger partial charge in [0.15, 0.2) is 0 Å². The van der Waals surface area contributed by atoms with Crippen LogP contribution in [0.1, 0.15) is 30.9 Å². The minimum absolute atomic E-state index is 0.0116. The molecule has 0 aliphatic carbocycles. The van der Waals surface area contributed by atoms with Gasteiger partial charge in [0.05, 0.1) is 17.2 Å². The van der Waals surface area contributed by atoms with Gasteiger partial charge in [-0.2, -0.15) is 5.10 Å². The molecule has 8 nitrogen and oxygen atoms in total. The van der Waals surface area contributed by atoms with Gasteiger partial charge in [-0.05, 0) is 53.4 Å². The number of guanidine groups is 1. The van der Waals surface area contributed by atoms with Gasteiger partial charge in [0.1, 0.15) is 12.3 Å². The van der Waals surface area contributed by atoms with Gasteiger partial charge in [0.2, 0.25) is 5.96 Å². The lowest BCUT2D eigenvalue weighted by Crippen LogP contribution is -2.42. The van der Waals surface area contributed by atoms with E-state index in [1.807, 2.05) is 56.3 Å². The van der Waals surface area contributed by atoms with Crippen molar-refractivity contribution in [1.29, 1.82) is 0 Å². The van der Waals surface area contributed by atoms with Crippen molar-refractivity contribution in [3.05, 3.63) is 100 Å². The largest absolute Gasteiger partial charge is 0.388 e. The number of rotatable bonds is 7. The number of carbonyl (C=O) groups is 1. The van der Waals surface area contributed by atoms with Crippen molar-refractivity contribution in [2.45, 2.75) is 30.7 Å². The number of carbonyl (C=O) groups excluding carboxylic acids is 1. The number of aliphatic imine (C=N–C) groups is 1. The zero-order valence-electron chi connectivity index (χ0n) is 22.7. The van der Waals surface area contributed by atoms with E-state index in [2.05, 4.69) is 14.5 Å². The summed E-state index contributed by atoms with van der Waals surface area (Å²) in [6.07, 6.45) is 0.704. The van der Waals surface area contributed by atoms with Crippen LogP contribution in [0.2, 0.25) is 10.0 Å². The Morgan fingerprint density at radius 3 is 2.08 bits per heavy atom. The van der Waals surface area contributed by atoms with E-state index >= 15 is 0 Å². The second kappa shape index (κ2) is 14.4. The predicted molar refractivity (Wildman–Crippen MR) is 161 cm³/mol. The highest BCUT2D eigenvalue weighted by molar-refractivity contribution is 7.90. The second-order valence-corrected chi connectivity index (χ2v) is 11.9. The summed E-state index contributed by atoms with van der Waals surface area (Å²) in [4.78, 5) is 16.3. The number of aldehydes is 1. The number of nitrogens with one attached hydrogen (secondary N) is 1. The van der Waals surface area contributed by atoms with Crippen LogP contribution in [0.15, 0.2) is 93.9 Å². The molecule has 2 atom stereocenters. The average molecular weight is 604 g/mol. The van der Waals surface area contributed by atoms with Crippen LogP contribution in [0.25, 0.3) is 0 Å². The maximum absolute atomic E-state index is 13.3. The summed E-state index contributed by atoms with van der Waals surface area (Å²) in [5.41, 5.74) is 2.58. The van der Waals surface area contributed by atoms with Crippen LogP contribution in [0.4, 0.5) is 0 Å².